The second kappa shape index (κ2) is 9.43. The van der Waals surface area contributed by atoms with Crippen LogP contribution in [0.15, 0.2) is 23.8 Å². The third-order valence-electron chi connectivity index (χ3n) is 3.75. The summed E-state index contributed by atoms with van der Waals surface area (Å²) in [7, 11) is 1.61. The van der Waals surface area contributed by atoms with Gasteiger partial charge in [0.05, 0.1) is 12.7 Å². The molecule has 5 nitrogen and oxygen atoms in total. The molecule has 0 spiro atoms. The standard InChI is InChI=1S/C17H24N2O3.ClH/c1-3-4-5-14(10-18)19-17(20)13-8-12-9-15(21-2)6-7-16(12)22-11-13;/h6-9,14H,3-5,10-11,18H2,1-2H3,(H,19,20);1H. The van der Waals surface area contributed by atoms with E-state index in [1.54, 1.807) is 7.11 Å². The van der Waals surface area contributed by atoms with E-state index in [0.29, 0.717) is 12.1 Å². The maximum atomic E-state index is 12.3. The van der Waals surface area contributed by atoms with Gasteiger partial charge in [0.1, 0.15) is 18.1 Å². The fraction of sp³-hybridized carbons (Fsp3) is 0.471. The highest BCUT2D eigenvalue weighted by Gasteiger charge is 2.19. The summed E-state index contributed by atoms with van der Waals surface area (Å²) in [5.41, 5.74) is 7.19. The van der Waals surface area contributed by atoms with Crippen molar-refractivity contribution in [3.8, 4) is 11.5 Å². The summed E-state index contributed by atoms with van der Waals surface area (Å²) in [6.07, 6.45) is 4.89. The summed E-state index contributed by atoms with van der Waals surface area (Å²) in [6.45, 7) is 2.84. The van der Waals surface area contributed by atoms with Gasteiger partial charge in [-0.05, 0) is 30.7 Å². The normalized spacial score (nSPS) is 13.8. The van der Waals surface area contributed by atoms with Gasteiger partial charge in [-0.25, -0.2) is 0 Å². The Kier molecular flexibility index (Phi) is 7.92. The Morgan fingerprint density at radius 1 is 1.48 bits per heavy atom. The SMILES string of the molecule is CCCCC(CN)NC(=O)C1=Cc2cc(OC)ccc2OC1.Cl. The number of nitrogens with one attached hydrogen (secondary N) is 1. The van der Waals surface area contributed by atoms with E-state index in [4.69, 9.17) is 15.2 Å². The topological polar surface area (TPSA) is 73.6 Å². The van der Waals surface area contributed by atoms with Crippen LogP contribution in [-0.2, 0) is 4.79 Å². The van der Waals surface area contributed by atoms with Crippen LogP contribution in [0.25, 0.3) is 6.08 Å². The number of fused-ring (bicyclic) bond motifs is 1. The molecular formula is C17H25ClN2O3. The van der Waals surface area contributed by atoms with Crippen molar-refractivity contribution in [3.05, 3.63) is 29.3 Å². The second-order valence-corrected chi connectivity index (χ2v) is 5.41. The zero-order chi connectivity index (χ0) is 15.9. The molecule has 0 saturated heterocycles. The average molecular weight is 341 g/mol. The molecule has 0 saturated carbocycles. The minimum absolute atomic E-state index is 0. The molecule has 1 aliphatic rings. The third kappa shape index (κ3) is 5.15. The van der Waals surface area contributed by atoms with Gasteiger partial charge in [-0.3, -0.25) is 4.79 Å². The number of nitrogens with two attached hydrogens (primary N) is 1. The first kappa shape index (κ1) is 19.3. The number of ether oxygens (including phenoxy) is 2. The van der Waals surface area contributed by atoms with Gasteiger partial charge in [-0.1, -0.05) is 19.8 Å². The molecule has 3 N–H and O–H groups in total. The molecular weight excluding hydrogens is 316 g/mol. The number of halogens is 1. The molecule has 1 atom stereocenters. The van der Waals surface area contributed by atoms with Gasteiger partial charge in [0.15, 0.2) is 0 Å². The molecule has 1 amide bonds. The molecule has 0 aliphatic carbocycles. The van der Waals surface area contributed by atoms with Gasteiger partial charge in [0, 0.05) is 18.2 Å². The number of hydrogen-bond acceptors (Lipinski definition) is 4. The van der Waals surface area contributed by atoms with Crippen LogP contribution in [0, 0.1) is 0 Å². The molecule has 0 bridgehead atoms. The zero-order valence-corrected chi connectivity index (χ0v) is 14.4. The molecule has 23 heavy (non-hydrogen) atoms. The van der Waals surface area contributed by atoms with Crippen molar-refractivity contribution in [3.63, 3.8) is 0 Å². The molecule has 1 aliphatic heterocycles. The fourth-order valence-electron chi connectivity index (χ4n) is 2.39. The van der Waals surface area contributed by atoms with E-state index in [2.05, 4.69) is 12.2 Å². The number of methoxy groups -OCH3 is 1. The largest absolute Gasteiger partial charge is 0.497 e. The minimum atomic E-state index is -0.111. The van der Waals surface area contributed by atoms with Crippen LogP contribution in [0.4, 0.5) is 0 Å². The van der Waals surface area contributed by atoms with Gasteiger partial charge in [-0.15, -0.1) is 12.4 Å². The Balaban J connectivity index is 0.00000264. The van der Waals surface area contributed by atoms with Crippen LogP contribution in [0.1, 0.15) is 31.7 Å². The maximum absolute atomic E-state index is 12.3. The number of carbonyl (C=O) groups is 1. The summed E-state index contributed by atoms with van der Waals surface area (Å²) in [5, 5.41) is 2.99. The van der Waals surface area contributed by atoms with Crippen LogP contribution in [0.3, 0.4) is 0 Å². The number of amides is 1. The lowest BCUT2D eigenvalue weighted by Gasteiger charge is -2.21. The van der Waals surface area contributed by atoms with Crippen LogP contribution in [0.5, 0.6) is 11.5 Å². The average Bonchev–Trinajstić information content (AvgIpc) is 2.57. The first-order valence-electron chi connectivity index (χ1n) is 7.70. The highest BCUT2D eigenvalue weighted by atomic mass is 35.5. The Labute approximate surface area is 143 Å². The second-order valence-electron chi connectivity index (χ2n) is 5.41. The number of unbranched alkanes of at least 4 members (excludes halogenated alkanes) is 1. The highest BCUT2D eigenvalue weighted by molar-refractivity contribution is 5.99. The van der Waals surface area contributed by atoms with Gasteiger partial charge in [0.25, 0.3) is 5.91 Å². The molecule has 6 heteroatoms. The summed E-state index contributed by atoms with van der Waals surface area (Å²) in [5.74, 6) is 1.39. The first-order chi connectivity index (χ1) is 10.7. The van der Waals surface area contributed by atoms with E-state index in [1.807, 2.05) is 24.3 Å². The molecule has 2 rings (SSSR count). The Morgan fingerprint density at radius 2 is 2.26 bits per heavy atom. The Bertz CT molecular complexity index is 561. The summed E-state index contributed by atoms with van der Waals surface area (Å²) in [4.78, 5) is 12.3. The van der Waals surface area contributed by atoms with E-state index in [9.17, 15) is 4.79 Å². The number of benzene rings is 1. The summed E-state index contributed by atoms with van der Waals surface area (Å²) in [6, 6.07) is 5.57. The molecule has 0 radical (unpaired) electrons. The van der Waals surface area contributed by atoms with Crippen LogP contribution in [-0.4, -0.2) is 32.2 Å². The molecule has 128 valence electrons. The summed E-state index contributed by atoms with van der Waals surface area (Å²) < 4.78 is 10.8. The predicted octanol–water partition coefficient (Wildman–Crippen LogP) is 2.53. The molecule has 1 unspecified atom stereocenters. The molecule has 0 fully saturated rings. The lowest BCUT2D eigenvalue weighted by Crippen LogP contribution is -2.41. The van der Waals surface area contributed by atoms with Crippen molar-refractivity contribution in [2.45, 2.75) is 32.2 Å². The summed E-state index contributed by atoms with van der Waals surface area (Å²) >= 11 is 0. The molecule has 0 aromatic heterocycles. The zero-order valence-electron chi connectivity index (χ0n) is 13.6. The van der Waals surface area contributed by atoms with E-state index in [0.717, 1.165) is 36.3 Å². The van der Waals surface area contributed by atoms with Crippen molar-refractivity contribution < 1.29 is 14.3 Å². The van der Waals surface area contributed by atoms with Crippen molar-refractivity contribution in [1.82, 2.24) is 5.32 Å². The minimum Gasteiger partial charge on any atom is -0.497 e. The van der Waals surface area contributed by atoms with E-state index >= 15 is 0 Å². The van der Waals surface area contributed by atoms with Crippen molar-refractivity contribution in [1.29, 1.82) is 0 Å². The fourth-order valence-corrected chi connectivity index (χ4v) is 2.39. The highest BCUT2D eigenvalue weighted by Crippen LogP contribution is 2.29. The van der Waals surface area contributed by atoms with Crippen molar-refractivity contribution in [2.24, 2.45) is 5.73 Å². The molecule has 1 aromatic rings. The number of carbonyl (C=O) groups excluding carboxylic acids is 1. The smallest absolute Gasteiger partial charge is 0.250 e. The van der Waals surface area contributed by atoms with Gasteiger partial charge < -0.3 is 20.5 Å². The van der Waals surface area contributed by atoms with Crippen LogP contribution in [0.2, 0.25) is 0 Å². The third-order valence-corrected chi connectivity index (χ3v) is 3.75. The first-order valence-corrected chi connectivity index (χ1v) is 7.70. The van der Waals surface area contributed by atoms with Crippen LogP contribution >= 0.6 is 12.4 Å². The molecule has 1 heterocycles. The molecule has 1 aromatic carbocycles. The Hall–Kier alpha value is -1.72. The number of hydrogen-bond donors (Lipinski definition) is 2. The van der Waals surface area contributed by atoms with Crippen LogP contribution < -0.4 is 20.5 Å². The maximum Gasteiger partial charge on any atom is 0.250 e. The van der Waals surface area contributed by atoms with E-state index < -0.39 is 0 Å². The predicted molar refractivity (Wildman–Crippen MR) is 94.2 cm³/mol. The lowest BCUT2D eigenvalue weighted by atomic mass is 10.1. The van der Waals surface area contributed by atoms with E-state index in [-0.39, 0.29) is 31.0 Å². The monoisotopic (exact) mass is 340 g/mol. The van der Waals surface area contributed by atoms with Gasteiger partial charge in [-0.2, -0.15) is 0 Å². The quantitative estimate of drug-likeness (QED) is 0.800. The van der Waals surface area contributed by atoms with Gasteiger partial charge in [0.2, 0.25) is 0 Å². The van der Waals surface area contributed by atoms with Crippen molar-refractivity contribution >= 4 is 24.4 Å². The lowest BCUT2D eigenvalue weighted by molar-refractivity contribution is -0.118. The Morgan fingerprint density at radius 3 is 2.91 bits per heavy atom. The van der Waals surface area contributed by atoms with Gasteiger partial charge >= 0.3 is 0 Å². The number of rotatable bonds is 7. The van der Waals surface area contributed by atoms with Crippen molar-refractivity contribution in [2.75, 3.05) is 20.3 Å². The van der Waals surface area contributed by atoms with E-state index in [1.165, 1.54) is 0 Å².